The quantitative estimate of drug-likeness (QED) is 0.164. The molecule has 0 spiro atoms. The molecule has 0 radical (unpaired) electrons. The number of rotatable bonds is 11. The molecule has 2 aromatic heterocycles. The summed E-state index contributed by atoms with van der Waals surface area (Å²) in [7, 11) is 0. The fourth-order valence-electron chi connectivity index (χ4n) is 2.99. The molecule has 0 aliphatic rings. The normalized spacial score (nSPS) is 11.4. The molecule has 0 fully saturated rings. The Kier molecular flexibility index (Phi) is 9.64. The standard InChI is InChI=1S/C22H25Cl2N7O2/c23-17-5-3-4-16(12-17)13-29-20(33-25)15-26-10-11-31-19(24)14-30-21(22(31)32)28-9-7-18-6-1-2-8-27-18/h1-6,8,12,14,26H,7,9-11,13,15,25H2,(H,28,30). The maximum absolute atomic E-state index is 12.7. The number of anilines is 1. The van der Waals surface area contributed by atoms with E-state index in [2.05, 4.69) is 25.6 Å². The minimum Gasteiger partial charge on any atom is -0.395 e. The van der Waals surface area contributed by atoms with Crippen LogP contribution in [0.4, 0.5) is 5.82 Å². The number of hydrogen-bond donors (Lipinski definition) is 3. The lowest BCUT2D eigenvalue weighted by molar-refractivity contribution is 0.309. The predicted octanol–water partition coefficient (Wildman–Crippen LogP) is 2.68. The van der Waals surface area contributed by atoms with E-state index < -0.39 is 0 Å². The molecule has 0 aliphatic carbocycles. The second-order valence-corrected chi connectivity index (χ2v) is 7.84. The van der Waals surface area contributed by atoms with Gasteiger partial charge in [-0.15, -0.1) is 0 Å². The third-order valence-corrected chi connectivity index (χ3v) is 5.19. The Balaban J connectivity index is 1.50. The maximum Gasteiger partial charge on any atom is 0.294 e. The van der Waals surface area contributed by atoms with Gasteiger partial charge in [0.25, 0.3) is 5.56 Å². The highest BCUT2D eigenvalue weighted by atomic mass is 35.5. The van der Waals surface area contributed by atoms with Crippen molar-refractivity contribution in [2.75, 3.05) is 25.0 Å². The van der Waals surface area contributed by atoms with Crippen LogP contribution in [0.5, 0.6) is 0 Å². The van der Waals surface area contributed by atoms with Crippen molar-refractivity contribution in [2.45, 2.75) is 19.5 Å². The molecular weight excluding hydrogens is 465 g/mol. The first-order valence-corrected chi connectivity index (χ1v) is 11.1. The summed E-state index contributed by atoms with van der Waals surface area (Å²) in [4.78, 5) is 30.3. The van der Waals surface area contributed by atoms with E-state index in [0.29, 0.717) is 50.1 Å². The molecule has 9 nitrogen and oxygen atoms in total. The van der Waals surface area contributed by atoms with E-state index in [1.165, 1.54) is 10.8 Å². The number of hydrogen-bond acceptors (Lipinski definition) is 8. The summed E-state index contributed by atoms with van der Waals surface area (Å²) < 4.78 is 1.44. The molecule has 33 heavy (non-hydrogen) atoms. The summed E-state index contributed by atoms with van der Waals surface area (Å²) in [5, 5.41) is 7.09. The molecule has 3 rings (SSSR count). The van der Waals surface area contributed by atoms with Crippen molar-refractivity contribution in [3.05, 3.63) is 86.6 Å². The Bertz CT molecular complexity index is 1120. The van der Waals surface area contributed by atoms with Gasteiger partial charge < -0.3 is 15.5 Å². The van der Waals surface area contributed by atoms with Gasteiger partial charge in [0.1, 0.15) is 5.15 Å². The number of pyridine rings is 1. The number of nitrogens with two attached hydrogens (primary N) is 1. The summed E-state index contributed by atoms with van der Waals surface area (Å²) in [5.41, 5.74) is 1.57. The van der Waals surface area contributed by atoms with E-state index in [1.807, 2.05) is 36.4 Å². The van der Waals surface area contributed by atoms with E-state index in [9.17, 15) is 4.79 Å². The van der Waals surface area contributed by atoms with Crippen molar-refractivity contribution in [3.63, 3.8) is 0 Å². The summed E-state index contributed by atoms with van der Waals surface area (Å²) in [6, 6.07) is 13.1. The summed E-state index contributed by atoms with van der Waals surface area (Å²) in [6.45, 7) is 1.99. The number of halogens is 2. The molecule has 4 N–H and O–H groups in total. The molecule has 1 aromatic carbocycles. The molecule has 11 heteroatoms. The molecule has 2 heterocycles. The number of aromatic nitrogens is 3. The van der Waals surface area contributed by atoms with E-state index in [0.717, 1.165) is 11.3 Å². The molecule has 0 unspecified atom stereocenters. The van der Waals surface area contributed by atoms with E-state index in [4.69, 9.17) is 33.9 Å². The van der Waals surface area contributed by atoms with Crippen LogP contribution < -0.4 is 22.1 Å². The van der Waals surface area contributed by atoms with Crippen molar-refractivity contribution in [1.29, 1.82) is 0 Å². The van der Waals surface area contributed by atoms with E-state index in [-0.39, 0.29) is 16.5 Å². The van der Waals surface area contributed by atoms with Crippen molar-refractivity contribution < 1.29 is 4.84 Å². The van der Waals surface area contributed by atoms with Gasteiger partial charge in [0.05, 0.1) is 19.3 Å². The Morgan fingerprint density at radius 1 is 1.15 bits per heavy atom. The Morgan fingerprint density at radius 3 is 2.79 bits per heavy atom. The van der Waals surface area contributed by atoms with Gasteiger partial charge in [0.2, 0.25) is 5.90 Å². The van der Waals surface area contributed by atoms with Crippen LogP contribution in [0.25, 0.3) is 0 Å². The molecular formula is C22H25Cl2N7O2. The highest BCUT2D eigenvalue weighted by Crippen LogP contribution is 2.11. The predicted molar refractivity (Wildman–Crippen MR) is 131 cm³/mol. The van der Waals surface area contributed by atoms with Crippen molar-refractivity contribution >= 4 is 34.9 Å². The second kappa shape index (κ2) is 12.9. The van der Waals surface area contributed by atoms with Gasteiger partial charge in [0.15, 0.2) is 5.82 Å². The molecule has 0 amide bonds. The van der Waals surface area contributed by atoms with Crippen molar-refractivity contribution in [3.8, 4) is 0 Å². The number of nitrogens with one attached hydrogen (secondary N) is 2. The molecule has 0 bridgehead atoms. The Labute approximate surface area is 201 Å². The van der Waals surface area contributed by atoms with Crippen LogP contribution in [0.2, 0.25) is 10.2 Å². The summed E-state index contributed by atoms with van der Waals surface area (Å²) in [5.74, 6) is 5.90. The first-order valence-electron chi connectivity index (χ1n) is 10.3. The lowest BCUT2D eigenvalue weighted by Gasteiger charge is -2.12. The zero-order valence-electron chi connectivity index (χ0n) is 17.9. The van der Waals surface area contributed by atoms with Crippen LogP contribution in [0.3, 0.4) is 0 Å². The highest BCUT2D eigenvalue weighted by molar-refractivity contribution is 6.30. The second-order valence-electron chi connectivity index (χ2n) is 7.02. The molecule has 0 saturated heterocycles. The number of benzene rings is 1. The van der Waals surface area contributed by atoms with Crippen LogP contribution in [0.15, 0.2) is 64.6 Å². The lowest BCUT2D eigenvalue weighted by Crippen LogP contribution is -2.33. The van der Waals surface area contributed by atoms with Crippen LogP contribution in [-0.2, 0) is 24.3 Å². The van der Waals surface area contributed by atoms with Crippen LogP contribution in [0.1, 0.15) is 11.3 Å². The minimum atomic E-state index is -0.296. The van der Waals surface area contributed by atoms with Gasteiger partial charge in [-0.25, -0.2) is 9.98 Å². The first kappa shape index (κ1) is 24.7. The topological polar surface area (TPSA) is 119 Å². The molecule has 3 aromatic rings. The van der Waals surface area contributed by atoms with Gasteiger partial charge in [-0.1, -0.05) is 41.4 Å². The fraction of sp³-hybridized carbons (Fsp3) is 0.273. The zero-order valence-corrected chi connectivity index (χ0v) is 19.4. The summed E-state index contributed by atoms with van der Waals surface area (Å²) >= 11 is 12.2. The number of nitrogens with zero attached hydrogens (tertiary/aromatic N) is 4. The fourth-order valence-corrected chi connectivity index (χ4v) is 3.41. The first-order chi connectivity index (χ1) is 16.1. The van der Waals surface area contributed by atoms with Crippen LogP contribution in [0, 0.1) is 0 Å². The number of aliphatic imine (C=N–C) groups is 1. The van der Waals surface area contributed by atoms with E-state index >= 15 is 0 Å². The van der Waals surface area contributed by atoms with Gasteiger partial charge in [-0.2, -0.15) is 5.90 Å². The molecule has 0 aliphatic heterocycles. The Morgan fingerprint density at radius 2 is 2.03 bits per heavy atom. The monoisotopic (exact) mass is 489 g/mol. The Hall–Kier alpha value is -2.98. The van der Waals surface area contributed by atoms with Gasteiger partial charge in [0, 0.05) is 43.0 Å². The zero-order chi connectivity index (χ0) is 23.5. The van der Waals surface area contributed by atoms with E-state index in [1.54, 1.807) is 12.3 Å². The average molecular weight is 490 g/mol. The third kappa shape index (κ3) is 7.83. The van der Waals surface area contributed by atoms with Gasteiger partial charge in [-0.05, 0) is 29.8 Å². The van der Waals surface area contributed by atoms with Gasteiger partial charge in [-0.3, -0.25) is 14.3 Å². The smallest absolute Gasteiger partial charge is 0.294 e. The SMILES string of the molecule is NOC(CNCCn1c(Cl)cnc(NCCc2ccccn2)c1=O)=NCc1cccc(Cl)c1. The molecule has 0 atom stereocenters. The highest BCUT2D eigenvalue weighted by Gasteiger charge is 2.09. The van der Waals surface area contributed by atoms with Gasteiger partial charge >= 0.3 is 0 Å². The molecule has 174 valence electrons. The lowest BCUT2D eigenvalue weighted by atomic mass is 10.2. The maximum atomic E-state index is 12.7. The van der Waals surface area contributed by atoms with Crippen molar-refractivity contribution in [1.82, 2.24) is 19.9 Å². The van der Waals surface area contributed by atoms with Crippen molar-refractivity contribution in [2.24, 2.45) is 10.9 Å². The van der Waals surface area contributed by atoms with Crippen LogP contribution in [-0.4, -0.2) is 40.1 Å². The largest absolute Gasteiger partial charge is 0.395 e. The third-order valence-electron chi connectivity index (χ3n) is 4.66. The summed E-state index contributed by atoms with van der Waals surface area (Å²) in [6.07, 6.45) is 3.86. The minimum absolute atomic E-state index is 0.240. The average Bonchev–Trinajstić information content (AvgIpc) is 2.82. The van der Waals surface area contributed by atoms with Crippen LogP contribution >= 0.6 is 23.2 Å². The molecule has 0 saturated carbocycles.